The van der Waals surface area contributed by atoms with Crippen molar-refractivity contribution in [2.75, 3.05) is 24.5 Å². The maximum Gasteiger partial charge on any atom is 0.229 e. The number of carbonyl (C=O) groups excluding carboxylic acids is 2. The summed E-state index contributed by atoms with van der Waals surface area (Å²) < 4.78 is 13.2. The van der Waals surface area contributed by atoms with Gasteiger partial charge in [-0.15, -0.1) is 0 Å². The minimum Gasteiger partial charge on any atom is -0.316 e. The second-order valence-electron chi connectivity index (χ2n) is 5.01. The Morgan fingerprint density at radius 3 is 2.61 bits per heavy atom. The van der Waals surface area contributed by atoms with Crippen LogP contribution in [0, 0.1) is 34.4 Å². The first kappa shape index (κ1) is 16.7. The van der Waals surface area contributed by atoms with Crippen LogP contribution in [0.15, 0.2) is 18.2 Å². The third-order valence-corrected chi connectivity index (χ3v) is 3.81. The summed E-state index contributed by atoms with van der Waals surface area (Å²) in [6.07, 6.45) is -0.0266. The number of benzene rings is 1. The maximum absolute atomic E-state index is 13.2. The molecule has 1 saturated heterocycles. The second-order valence-corrected chi connectivity index (χ2v) is 5.42. The first-order valence-electron chi connectivity index (χ1n) is 6.76. The van der Waals surface area contributed by atoms with Crippen LogP contribution in [-0.2, 0) is 9.59 Å². The molecular formula is C15H12ClFN4O2. The number of halogens is 2. The number of nitriles is 2. The molecule has 1 aliphatic heterocycles. The molecule has 2 amide bonds. The molecule has 0 spiro atoms. The minimum atomic E-state index is -0.645. The number of carbonyl (C=O) groups is 2. The molecule has 0 aromatic heterocycles. The Hall–Kier alpha value is -2.64. The number of hydrogen-bond acceptors (Lipinski definition) is 4. The van der Waals surface area contributed by atoms with Crippen molar-refractivity contribution in [3.63, 3.8) is 0 Å². The summed E-state index contributed by atoms with van der Waals surface area (Å²) in [5.74, 6) is -1.95. The summed E-state index contributed by atoms with van der Waals surface area (Å²) in [6, 6.07) is 7.53. The SMILES string of the molecule is N#CCN(CC#N)C(=O)C1CC(=O)N(c2ccc(F)c(Cl)c2)C1. The van der Waals surface area contributed by atoms with E-state index in [1.165, 1.54) is 17.0 Å². The fourth-order valence-corrected chi connectivity index (χ4v) is 2.59. The van der Waals surface area contributed by atoms with Gasteiger partial charge in [0.15, 0.2) is 0 Å². The summed E-state index contributed by atoms with van der Waals surface area (Å²) in [6.45, 7) is -0.314. The molecule has 6 nitrogen and oxygen atoms in total. The molecule has 0 radical (unpaired) electrons. The molecule has 1 atom stereocenters. The summed E-state index contributed by atoms with van der Waals surface area (Å²) in [5, 5.41) is 17.3. The van der Waals surface area contributed by atoms with Gasteiger partial charge in [-0.05, 0) is 18.2 Å². The average Bonchev–Trinajstić information content (AvgIpc) is 2.91. The number of amides is 2. The van der Waals surface area contributed by atoms with Crippen molar-refractivity contribution in [1.29, 1.82) is 10.5 Å². The Morgan fingerprint density at radius 2 is 2.04 bits per heavy atom. The Morgan fingerprint density at radius 1 is 1.39 bits per heavy atom. The third kappa shape index (κ3) is 3.58. The van der Waals surface area contributed by atoms with Crippen molar-refractivity contribution in [3.05, 3.63) is 29.0 Å². The van der Waals surface area contributed by atoms with E-state index >= 15 is 0 Å². The normalized spacial score (nSPS) is 16.8. The quantitative estimate of drug-likeness (QED) is 0.784. The van der Waals surface area contributed by atoms with E-state index in [9.17, 15) is 14.0 Å². The lowest BCUT2D eigenvalue weighted by atomic mass is 10.1. The van der Waals surface area contributed by atoms with Crippen molar-refractivity contribution in [2.24, 2.45) is 5.92 Å². The van der Waals surface area contributed by atoms with Gasteiger partial charge in [-0.1, -0.05) is 11.6 Å². The predicted octanol–water partition coefficient (Wildman–Crippen LogP) is 1.71. The summed E-state index contributed by atoms with van der Waals surface area (Å²) in [4.78, 5) is 26.9. The van der Waals surface area contributed by atoms with Crippen LogP contribution in [0.3, 0.4) is 0 Å². The van der Waals surface area contributed by atoms with E-state index in [0.29, 0.717) is 5.69 Å². The van der Waals surface area contributed by atoms with Crippen LogP contribution in [0.5, 0.6) is 0 Å². The zero-order chi connectivity index (χ0) is 17.0. The van der Waals surface area contributed by atoms with Gasteiger partial charge in [0.05, 0.1) is 23.1 Å². The van der Waals surface area contributed by atoms with Crippen molar-refractivity contribution in [3.8, 4) is 12.1 Å². The van der Waals surface area contributed by atoms with Gasteiger partial charge in [-0.25, -0.2) is 4.39 Å². The molecule has 1 aromatic rings. The van der Waals surface area contributed by atoms with Crippen LogP contribution in [0.25, 0.3) is 0 Å². The largest absolute Gasteiger partial charge is 0.316 e. The van der Waals surface area contributed by atoms with Crippen LogP contribution < -0.4 is 4.90 Å². The average molecular weight is 335 g/mol. The molecule has 0 N–H and O–H groups in total. The summed E-state index contributed by atoms with van der Waals surface area (Å²) in [7, 11) is 0. The first-order valence-corrected chi connectivity index (χ1v) is 7.13. The smallest absolute Gasteiger partial charge is 0.229 e. The van der Waals surface area contributed by atoms with Gasteiger partial charge in [-0.3, -0.25) is 9.59 Å². The molecule has 2 rings (SSSR count). The fraction of sp³-hybridized carbons (Fsp3) is 0.333. The van der Waals surface area contributed by atoms with Gasteiger partial charge in [0.25, 0.3) is 0 Å². The molecular weight excluding hydrogens is 323 g/mol. The molecule has 0 aliphatic carbocycles. The van der Waals surface area contributed by atoms with E-state index in [2.05, 4.69) is 0 Å². The second kappa shape index (κ2) is 7.08. The molecule has 1 unspecified atom stereocenters. The summed E-state index contributed by atoms with van der Waals surface area (Å²) >= 11 is 5.71. The Balaban J connectivity index is 2.16. The molecule has 1 heterocycles. The lowest BCUT2D eigenvalue weighted by Gasteiger charge is -2.21. The molecule has 0 saturated carbocycles. The van der Waals surface area contributed by atoms with Crippen LogP contribution in [-0.4, -0.2) is 36.3 Å². The lowest BCUT2D eigenvalue weighted by Crippen LogP contribution is -2.38. The number of nitrogens with zero attached hydrogens (tertiary/aromatic N) is 4. The van der Waals surface area contributed by atoms with Crippen LogP contribution >= 0.6 is 11.6 Å². The molecule has 118 valence electrons. The fourth-order valence-electron chi connectivity index (χ4n) is 2.42. The third-order valence-electron chi connectivity index (χ3n) is 3.52. The monoisotopic (exact) mass is 334 g/mol. The highest BCUT2D eigenvalue weighted by Gasteiger charge is 2.37. The van der Waals surface area contributed by atoms with E-state index < -0.39 is 17.6 Å². The highest BCUT2D eigenvalue weighted by Crippen LogP contribution is 2.29. The first-order chi connectivity index (χ1) is 11.0. The molecule has 8 heteroatoms. The zero-order valence-corrected chi connectivity index (χ0v) is 12.8. The topological polar surface area (TPSA) is 88.2 Å². The van der Waals surface area contributed by atoms with E-state index in [1.807, 2.05) is 12.1 Å². The predicted molar refractivity (Wildman–Crippen MR) is 79.7 cm³/mol. The van der Waals surface area contributed by atoms with Crippen LogP contribution in [0.4, 0.5) is 10.1 Å². The highest BCUT2D eigenvalue weighted by atomic mass is 35.5. The zero-order valence-electron chi connectivity index (χ0n) is 12.0. The summed E-state index contributed by atoms with van der Waals surface area (Å²) in [5.41, 5.74) is 0.406. The van der Waals surface area contributed by atoms with Gasteiger partial charge in [-0.2, -0.15) is 10.5 Å². The Bertz CT molecular complexity index is 709. The van der Waals surface area contributed by atoms with E-state index in [-0.39, 0.29) is 37.0 Å². The molecule has 1 fully saturated rings. The Kier molecular flexibility index (Phi) is 5.15. The van der Waals surface area contributed by atoms with Gasteiger partial charge in [0.1, 0.15) is 18.9 Å². The van der Waals surface area contributed by atoms with Crippen LogP contribution in [0.2, 0.25) is 5.02 Å². The number of hydrogen-bond donors (Lipinski definition) is 0. The minimum absolute atomic E-state index is 0.0266. The maximum atomic E-state index is 13.2. The van der Waals surface area contributed by atoms with E-state index in [4.69, 9.17) is 22.1 Å². The van der Waals surface area contributed by atoms with E-state index in [0.717, 1.165) is 11.0 Å². The lowest BCUT2D eigenvalue weighted by molar-refractivity contribution is -0.134. The van der Waals surface area contributed by atoms with Crippen molar-refractivity contribution in [2.45, 2.75) is 6.42 Å². The standard InChI is InChI=1S/C15H12ClFN4O2/c16-12-8-11(1-2-13(12)17)21-9-10(7-14(21)22)15(23)20(5-3-18)6-4-19/h1-2,8,10H,5-7,9H2. The van der Waals surface area contributed by atoms with Crippen molar-refractivity contribution >= 4 is 29.1 Å². The van der Waals surface area contributed by atoms with E-state index in [1.54, 1.807) is 0 Å². The number of anilines is 1. The van der Waals surface area contributed by atoms with Crippen molar-refractivity contribution in [1.82, 2.24) is 4.90 Å². The number of rotatable bonds is 4. The van der Waals surface area contributed by atoms with Gasteiger partial charge in [0, 0.05) is 18.7 Å². The molecule has 1 aliphatic rings. The van der Waals surface area contributed by atoms with Gasteiger partial charge >= 0.3 is 0 Å². The highest BCUT2D eigenvalue weighted by molar-refractivity contribution is 6.31. The van der Waals surface area contributed by atoms with Gasteiger partial charge in [0.2, 0.25) is 11.8 Å². The molecule has 0 bridgehead atoms. The van der Waals surface area contributed by atoms with Gasteiger partial charge < -0.3 is 9.80 Å². The van der Waals surface area contributed by atoms with Crippen molar-refractivity contribution < 1.29 is 14.0 Å². The molecule has 23 heavy (non-hydrogen) atoms. The molecule has 1 aromatic carbocycles. The Labute approximate surface area is 137 Å². The van der Waals surface area contributed by atoms with Crippen LogP contribution in [0.1, 0.15) is 6.42 Å².